The van der Waals surface area contributed by atoms with Crippen LogP contribution < -0.4 is 11.2 Å². The van der Waals surface area contributed by atoms with Gasteiger partial charge in [0, 0.05) is 22.4 Å². The second-order valence-corrected chi connectivity index (χ2v) is 5.28. The third-order valence-corrected chi connectivity index (χ3v) is 4.24. The van der Waals surface area contributed by atoms with Crippen LogP contribution in [0.5, 0.6) is 0 Å². The molecule has 1 saturated heterocycles. The SMILES string of the molecule is [N-]=[N+]=N[C@@H]1C[C@@H](CO)S[C@@H]1n1ccc(=O)[nH]c1=O. The molecule has 8 nitrogen and oxygen atoms in total. The van der Waals surface area contributed by atoms with Crippen molar-refractivity contribution < 1.29 is 5.11 Å². The molecule has 0 amide bonds. The van der Waals surface area contributed by atoms with Crippen LogP contribution in [0.2, 0.25) is 0 Å². The molecule has 1 aromatic heterocycles. The highest BCUT2D eigenvalue weighted by atomic mass is 32.2. The highest BCUT2D eigenvalue weighted by Crippen LogP contribution is 2.42. The van der Waals surface area contributed by atoms with Crippen LogP contribution in [0, 0.1) is 0 Å². The Labute approximate surface area is 105 Å². The maximum Gasteiger partial charge on any atom is 0.329 e. The lowest BCUT2D eigenvalue weighted by Crippen LogP contribution is -2.32. The maximum absolute atomic E-state index is 11.7. The Morgan fingerprint density at radius 2 is 2.44 bits per heavy atom. The molecule has 18 heavy (non-hydrogen) atoms. The molecule has 96 valence electrons. The van der Waals surface area contributed by atoms with Crippen LogP contribution >= 0.6 is 11.8 Å². The monoisotopic (exact) mass is 269 g/mol. The van der Waals surface area contributed by atoms with Crippen LogP contribution in [-0.2, 0) is 0 Å². The van der Waals surface area contributed by atoms with E-state index in [4.69, 9.17) is 10.6 Å². The molecule has 1 aliphatic heterocycles. The number of aromatic nitrogens is 2. The average molecular weight is 269 g/mol. The number of nitrogens with one attached hydrogen (secondary N) is 1. The molecule has 1 aliphatic rings. The zero-order valence-corrected chi connectivity index (χ0v) is 10.1. The summed E-state index contributed by atoms with van der Waals surface area (Å²) in [7, 11) is 0. The molecule has 0 aromatic carbocycles. The number of hydrogen-bond acceptors (Lipinski definition) is 5. The highest BCUT2D eigenvalue weighted by molar-refractivity contribution is 8.00. The summed E-state index contributed by atoms with van der Waals surface area (Å²) in [5, 5.41) is 12.3. The first kappa shape index (κ1) is 12.7. The van der Waals surface area contributed by atoms with E-state index in [0.29, 0.717) is 6.42 Å². The van der Waals surface area contributed by atoms with Crippen LogP contribution in [-0.4, -0.2) is 32.6 Å². The number of rotatable bonds is 3. The van der Waals surface area contributed by atoms with E-state index in [1.165, 1.54) is 28.6 Å². The average Bonchev–Trinajstić information content (AvgIpc) is 2.73. The molecular weight excluding hydrogens is 258 g/mol. The van der Waals surface area contributed by atoms with E-state index in [0.717, 1.165) is 0 Å². The minimum atomic E-state index is -0.545. The topological polar surface area (TPSA) is 124 Å². The van der Waals surface area contributed by atoms with Gasteiger partial charge in [0.25, 0.3) is 5.56 Å². The standard InChI is InChI=1S/C9H11N5O3S/c10-13-12-6-3-5(4-15)18-8(6)14-2-1-7(16)11-9(14)17/h1-2,5-6,8,15H,3-4H2,(H,11,16,17)/t5-,6+,8-/m0/s1. The lowest BCUT2D eigenvalue weighted by atomic mass is 10.2. The molecule has 0 spiro atoms. The quantitative estimate of drug-likeness (QED) is 0.462. The number of azide groups is 1. The number of aliphatic hydroxyl groups is 1. The molecule has 1 aromatic rings. The van der Waals surface area contributed by atoms with E-state index in [1.54, 1.807) is 0 Å². The largest absolute Gasteiger partial charge is 0.395 e. The number of H-pyrrole nitrogens is 1. The number of thioether (sulfide) groups is 1. The van der Waals surface area contributed by atoms with Crippen molar-refractivity contribution in [3.05, 3.63) is 43.5 Å². The zero-order chi connectivity index (χ0) is 13.1. The zero-order valence-electron chi connectivity index (χ0n) is 9.26. The van der Waals surface area contributed by atoms with Crippen molar-refractivity contribution in [3.8, 4) is 0 Å². The van der Waals surface area contributed by atoms with Gasteiger partial charge in [-0.2, -0.15) is 0 Å². The van der Waals surface area contributed by atoms with Crippen molar-refractivity contribution in [2.45, 2.75) is 23.1 Å². The smallest absolute Gasteiger partial charge is 0.329 e. The first-order valence-corrected chi connectivity index (χ1v) is 6.22. The van der Waals surface area contributed by atoms with Crippen molar-refractivity contribution >= 4 is 11.8 Å². The van der Waals surface area contributed by atoms with Gasteiger partial charge in [-0.05, 0) is 12.0 Å². The van der Waals surface area contributed by atoms with Crippen molar-refractivity contribution in [2.75, 3.05) is 6.61 Å². The Morgan fingerprint density at radius 1 is 1.67 bits per heavy atom. The summed E-state index contributed by atoms with van der Waals surface area (Å²) in [5.41, 5.74) is 7.49. The van der Waals surface area contributed by atoms with Gasteiger partial charge in [0.2, 0.25) is 0 Å². The van der Waals surface area contributed by atoms with Gasteiger partial charge in [0.05, 0.1) is 18.0 Å². The van der Waals surface area contributed by atoms with E-state index in [-0.39, 0.29) is 11.9 Å². The summed E-state index contributed by atoms with van der Waals surface area (Å²) in [6, 6.07) is 0.822. The molecule has 9 heteroatoms. The molecule has 2 rings (SSSR count). The molecule has 0 bridgehead atoms. The Bertz CT molecular complexity index is 590. The van der Waals surface area contributed by atoms with Crippen LogP contribution in [0.15, 0.2) is 27.0 Å². The molecule has 0 unspecified atom stereocenters. The summed E-state index contributed by atoms with van der Waals surface area (Å²) in [6.45, 7) is -0.0449. The summed E-state index contributed by atoms with van der Waals surface area (Å²) >= 11 is 1.36. The first-order chi connectivity index (χ1) is 8.65. The number of hydrogen-bond donors (Lipinski definition) is 2. The van der Waals surface area contributed by atoms with Crippen LogP contribution in [0.25, 0.3) is 10.4 Å². The van der Waals surface area contributed by atoms with Crippen molar-refractivity contribution in [1.29, 1.82) is 0 Å². The summed E-state index contributed by atoms with van der Waals surface area (Å²) in [4.78, 5) is 27.6. The van der Waals surface area contributed by atoms with Gasteiger partial charge < -0.3 is 5.11 Å². The van der Waals surface area contributed by atoms with Gasteiger partial charge in [-0.25, -0.2) is 4.79 Å². The first-order valence-electron chi connectivity index (χ1n) is 5.27. The summed E-state index contributed by atoms with van der Waals surface area (Å²) in [5.74, 6) is 0. The molecule has 0 radical (unpaired) electrons. The van der Waals surface area contributed by atoms with Gasteiger partial charge >= 0.3 is 5.69 Å². The maximum atomic E-state index is 11.7. The Hall–Kier alpha value is -1.70. The molecule has 1 fully saturated rings. The van der Waals surface area contributed by atoms with Gasteiger partial charge in [0.1, 0.15) is 0 Å². The van der Waals surface area contributed by atoms with Crippen LogP contribution in [0.4, 0.5) is 0 Å². The molecule has 2 heterocycles. The number of nitrogens with zero attached hydrogens (tertiary/aromatic N) is 4. The fourth-order valence-electron chi connectivity index (χ4n) is 1.90. The van der Waals surface area contributed by atoms with Crippen molar-refractivity contribution in [1.82, 2.24) is 9.55 Å². The lowest BCUT2D eigenvalue weighted by molar-refractivity contribution is 0.289. The van der Waals surface area contributed by atoms with E-state index in [1.807, 2.05) is 0 Å². The minimum absolute atomic E-state index is 0.0449. The predicted molar refractivity (Wildman–Crippen MR) is 66.4 cm³/mol. The van der Waals surface area contributed by atoms with E-state index in [2.05, 4.69) is 15.0 Å². The van der Waals surface area contributed by atoms with Crippen molar-refractivity contribution in [2.24, 2.45) is 5.11 Å². The van der Waals surface area contributed by atoms with Crippen molar-refractivity contribution in [3.63, 3.8) is 0 Å². The number of aromatic amines is 1. The molecule has 3 atom stereocenters. The minimum Gasteiger partial charge on any atom is -0.395 e. The van der Waals surface area contributed by atoms with E-state index >= 15 is 0 Å². The molecule has 0 aliphatic carbocycles. The third-order valence-electron chi connectivity index (χ3n) is 2.69. The van der Waals surface area contributed by atoms with Gasteiger partial charge in [-0.15, -0.1) is 11.8 Å². The Kier molecular flexibility index (Phi) is 3.75. The predicted octanol–water partition coefficient (Wildman–Crippen LogP) is 0.212. The number of aliphatic hydroxyl groups excluding tert-OH is 1. The lowest BCUT2D eigenvalue weighted by Gasteiger charge is -2.16. The normalized spacial score (nSPS) is 26.8. The van der Waals surface area contributed by atoms with E-state index < -0.39 is 22.7 Å². The fourth-order valence-corrected chi connectivity index (χ4v) is 3.33. The Balaban J connectivity index is 2.38. The summed E-state index contributed by atoms with van der Waals surface area (Å²) < 4.78 is 1.32. The molecule has 2 N–H and O–H groups in total. The van der Waals surface area contributed by atoms with Gasteiger partial charge in [-0.3, -0.25) is 14.3 Å². The van der Waals surface area contributed by atoms with Gasteiger partial charge in [-0.1, -0.05) is 5.11 Å². The molecule has 0 saturated carbocycles. The second kappa shape index (κ2) is 5.30. The fraction of sp³-hybridized carbons (Fsp3) is 0.556. The Morgan fingerprint density at radius 3 is 3.06 bits per heavy atom. The third kappa shape index (κ3) is 2.42. The van der Waals surface area contributed by atoms with Crippen LogP contribution in [0.3, 0.4) is 0 Å². The van der Waals surface area contributed by atoms with Crippen LogP contribution in [0.1, 0.15) is 11.8 Å². The molecular formula is C9H11N5O3S. The highest BCUT2D eigenvalue weighted by Gasteiger charge is 2.35. The summed E-state index contributed by atoms with van der Waals surface area (Å²) in [6.07, 6.45) is 1.87. The van der Waals surface area contributed by atoms with E-state index in [9.17, 15) is 9.59 Å². The van der Waals surface area contributed by atoms with Gasteiger partial charge in [0.15, 0.2) is 0 Å². The second-order valence-electron chi connectivity index (χ2n) is 3.86.